The van der Waals surface area contributed by atoms with Crippen LogP contribution in [0.2, 0.25) is 0 Å². The molecule has 0 spiro atoms. The van der Waals surface area contributed by atoms with Gasteiger partial charge in [0, 0.05) is 24.4 Å². The van der Waals surface area contributed by atoms with Gasteiger partial charge in [0.15, 0.2) is 9.84 Å². The number of sulfone groups is 1. The molecular formula is C27H37N3O5S. The van der Waals surface area contributed by atoms with Crippen molar-refractivity contribution in [3.63, 3.8) is 0 Å². The van der Waals surface area contributed by atoms with E-state index in [9.17, 15) is 23.1 Å². The summed E-state index contributed by atoms with van der Waals surface area (Å²) in [5.74, 6) is -0.584. The molecule has 0 radical (unpaired) electrons. The Balaban J connectivity index is 1.65. The summed E-state index contributed by atoms with van der Waals surface area (Å²) in [6.07, 6.45) is 5.91. The summed E-state index contributed by atoms with van der Waals surface area (Å²) in [6.45, 7) is 1.85. The van der Waals surface area contributed by atoms with E-state index in [-0.39, 0.29) is 29.0 Å². The van der Waals surface area contributed by atoms with Crippen LogP contribution in [-0.2, 0) is 21.1 Å². The predicted octanol–water partition coefficient (Wildman–Crippen LogP) is 2.22. The molecule has 0 heterocycles. The summed E-state index contributed by atoms with van der Waals surface area (Å²) >= 11 is 0. The molecule has 2 aromatic carbocycles. The topological polar surface area (TPSA) is 125 Å². The quantitative estimate of drug-likeness (QED) is 0.364. The van der Waals surface area contributed by atoms with Crippen molar-refractivity contribution in [2.24, 2.45) is 0 Å². The third-order valence-corrected chi connectivity index (χ3v) is 7.69. The molecule has 0 aliphatic heterocycles. The van der Waals surface area contributed by atoms with Gasteiger partial charge in [0.05, 0.1) is 23.1 Å². The van der Waals surface area contributed by atoms with Crippen molar-refractivity contribution in [3.8, 4) is 0 Å². The van der Waals surface area contributed by atoms with Gasteiger partial charge in [0.2, 0.25) is 5.91 Å². The molecule has 4 N–H and O–H groups in total. The second kappa shape index (κ2) is 13.0. The van der Waals surface area contributed by atoms with Crippen molar-refractivity contribution in [3.05, 3.63) is 65.7 Å². The van der Waals surface area contributed by atoms with Crippen LogP contribution in [0, 0.1) is 0 Å². The van der Waals surface area contributed by atoms with Gasteiger partial charge in [-0.05, 0) is 49.9 Å². The third-order valence-electron chi connectivity index (χ3n) is 6.58. The van der Waals surface area contributed by atoms with E-state index >= 15 is 0 Å². The Bertz CT molecular complexity index is 1120. The molecular weight excluding hydrogens is 478 g/mol. The van der Waals surface area contributed by atoms with E-state index in [2.05, 4.69) is 16.0 Å². The van der Waals surface area contributed by atoms with Crippen LogP contribution in [-0.4, -0.2) is 62.4 Å². The Morgan fingerprint density at radius 1 is 1.03 bits per heavy atom. The van der Waals surface area contributed by atoms with Crippen LogP contribution in [0.25, 0.3) is 0 Å². The number of nitrogens with one attached hydrogen (secondary N) is 3. The van der Waals surface area contributed by atoms with E-state index < -0.39 is 33.9 Å². The number of aliphatic hydroxyl groups excluding tert-OH is 1. The van der Waals surface area contributed by atoms with Crippen LogP contribution >= 0.6 is 0 Å². The summed E-state index contributed by atoms with van der Waals surface area (Å²) in [7, 11) is -3.47. The summed E-state index contributed by atoms with van der Waals surface area (Å²) < 4.78 is 23.8. The van der Waals surface area contributed by atoms with Gasteiger partial charge in [0.1, 0.15) is 0 Å². The fraction of sp³-hybridized carbons (Fsp3) is 0.481. The van der Waals surface area contributed by atoms with Crippen LogP contribution in [0.1, 0.15) is 54.9 Å². The number of carbonyl (C=O) groups is 2. The molecule has 2 amide bonds. The maximum Gasteiger partial charge on any atom is 0.251 e. The van der Waals surface area contributed by atoms with Gasteiger partial charge in [-0.25, -0.2) is 8.42 Å². The number of hydrogen-bond acceptors (Lipinski definition) is 6. The number of aliphatic hydroxyl groups is 1. The number of benzene rings is 2. The summed E-state index contributed by atoms with van der Waals surface area (Å²) in [4.78, 5) is 25.6. The van der Waals surface area contributed by atoms with E-state index in [1.54, 1.807) is 6.92 Å². The lowest BCUT2D eigenvalue weighted by molar-refractivity contribution is -0.123. The first-order chi connectivity index (χ1) is 17.1. The fourth-order valence-corrected chi connectivity index (χ4v) is 5.04. The minimum Gasteiger partial charge on any atom is -0.390 e. The molecule has 196 valence electrons. The zero-order valence-electron chi connectivity index (χ0n) is 20.9. The molecule has 3 rings (SSSR count). The van der Waals surface area contributed by atoms with E-state index in [4.69, 9.17) is 0 Å². The monoisotopic (exact) mass is 515 g/mol. The molecule has 2 aromatic rings. The van der Waals surface area contributed by atoms with Crippen molar-refractivity contribution in [2.75, 3.05) is 12.8 Å². The molecule has 9 heteroatoms. The number of rotatable bonds is 11. The number of hydrogen-bond donors (Lipinski definition) is 4. The average Bonchev–Trinajstić information content (AvgIpc) is 2.87. The summed E-state index contributed by atoms with van der Waals surface area (Å²) in [5.41, 5.74) is 1.12. The zero-order chi connectivity index (χ0) is 26.1. The van der Waals surface area contributed by atoms with Crippen LogP contribution in [0.4, 0.5) is 0 Å². The van der Waals surface area contributed by atoms with E-state index in [1.165, 1.54) is 30.7 Å². The van der Waals surface area contributed by atoms with Crippen molar-refractivity contribution >= 4 is 21.7 Å². The maximum absolute atomic E-state index is 13.0. The maximum atomic E-state index is 13.0. The van der Waals surface area contributed by atoms with E-state index in [0.29, 0.717) is 6.42 Å². The third kappa shape index (κ3) is 8.43. The van der Waals surface area contributed by atoms with Gasteiger partial charge in [-0.15, -0.1) is 0 Å². The normalized spacial score (nSPS) is 17.1. The van der Waals surface area contributed by atoms with Gasteiger partial charge >= 0.3 is 0 Å². The van der Waals surface area contributed by atoms with Crippen LogP contribution in [0.3, 0.4) is 0 Å². The fourth-order valence-electron chi connectivity index (χ4n) is 4.38. The molecule has 0 aromatic heterocycles. The molecule has 3 atom stereocenters. The Morgan fingerprint density at radius 3 is 2.39 bits per heavy atom. The lowest BCUT2D eigenvalue weighted by atomic mass is 9.95. The van der Waals surface area contributed by atoms with Gasteiger partial charge in [0.25, 0.3) is 5.91 Å². The molecule has 8 nitrogen and oxygen atoms in total. The van der Waals surface area contributed by atoms with Crippen molar-refractivity contribution in [1.29, 1.82) is 0 Å². The highest BCUT2D eigenvalue weighted by Gasteiger charge is 2.25. The molecule has 1 saturated carbocycles. The second-order valence-corrected chi connectivity index (χ2v) is 11.6. The Kier molecular flexibility index (Phi) is 10.0. The Labute approximate surface area is 213 Å². The molecule has 0 bridgehead atoms. The van der Waals surface area contributed by atoms with Gasteiger partial charge < -0.3 is 21.1 Å². The van der Waals surface area contributed by atoms with Crippen LogP contribution in [0.15, 0.2) is 59.5 Å². The minimum absolute atomic E-state index is 0.0507. The average molecular weight is 516 g/mol. The SMILES string of the molecule is C[C@H](NC[C@@H](O)[C@H](Cc1ccccc1)NC(=O)c1cccc(S(C)(=O)=O)c1)C(=O)NC1CCCCC1. The van der Waals surface area contributed by atoms with Gasteiger partial charge in [-0.2, -0.15) is 0 Å². The van der Waals surface area contributed by atoms with Gasteiger partial charge in [-0.1, -0.05) is 55.7 Å². The zero-order valence-corrected chi connectivity index (χ0v) is 21.8. The molecule has 1 aliphatic carbocycles. The van der Waals surface area contributed by atoms with Crippen LogP contribution < -0.4 is 16.0 Å². The molecule has 1 aliphatic rings. The second-order valence-electron chi connectivity index (χ2n) is 9.61. The standard InChI is InChI=1S/C27H37N3O5S/c1-19(26(32)29-22-13-7-4-8-14-22)28-18-25(31)24(16-20-10-5-3-6-11-20)30-27(33)21-12-9-15-23(17-21)36(2,34)35/h3,5-6,9-12,15,17,19,22,24-25,28,31H,4,7-8,13-14,16,18H2,1-2H3,(H,29,32)(H,30,33)/t19-,24-,25+/m0/s1. The highest BCUT2D eigenvalue weighted by atomic mass is 32.2. The Hall–Kier alpha value is -2.75. The van der Waals surface area contributed by atoms with Gasteiger partial charge in [-0.3, -0.25) is 9.59 Å². The van der Waals surface area contributed by atoms with Crippen molar-refractivity contribution in [1.82, 2.24) is 16.0 Å². The first-order valence-electron chi connectivity index (χ1n) is 12.5. The molecule has 1 fully saturated rings. The highest BCUT2D eigenvalue weighted by molar-refractivity contribution is 7.90. The predicted molar refractivity (Wildman–Crippen MR) is 139 cm³/mol. The number of carbonyl (C=O) groups excluding carboxylic acids is 2. The summed E-state index contributed by atoms with van der Waals surface area (Å²) in [5, 5.41) is 20.0. The largest absolute Gasteiger partial charge is 0.390 e. The molecule has 0 unspecified atom stereocenters. The Morgan fingerprint density at radius 2 is 1.72 bits per heavy atom. The lowest BCUT2D eigenvalue weighted by Gasteiger charge is -2.27. The summed E-state index contributed by atoms with van der Waals surface area (Å²) in [6, 6.07) is 14.3. The minimum atomic E-state index is -3.47. The van der Waals surface area contributed by atoms with E-state index in [1.807, 2.05) is 30.3 Å². The van der Waals surface area contributed by atoms with E-state index in [0.717, 1.165) is 37.5 Å². The number of amides is 2. The van der Waals surface area contributed by atoms with Crippen molar-refractivity contribution in [2.45, 2.75) is 74.6 Å². The smallest absolute Gasteiger partial charge is 0.251 e. The van der Waals surface area contributed by atoms with Crippen LogP contribution in [0.5, 0.6) is 0 Å². The first kappa shape index (κ1) is 27.8. The molecule has 0 saturated heterocycles. The highest BCUT2D eigenvalue weighted by Crippen LogP contribution is 2.17. The molecule has 36 heavy (non-hydrogen) atoms. The first-order valence-corrected chi connectivity index (χ1v) is 14.4. The lowest BCUT2D eigenvalue weighted by Crippen LogP contribution is -2.53. The van der Waals surface area contributed by atoms with Crippen molar-refractivity contribution < 1.29 is 23.1 Å².